The topological polar surface area (TPSA) is 93.0 Å². The average Bonchev–Trinajstić information content (AvgIpc) is 3.15. The molecule has 0 bridgehead atoms. The van der Waals surface area contributed by atoms with Crippen LogP contribution in [-0.4, -0.2) is 39.5 Å². The molecular formula is C16H20BrN5O2S3. The van der Waals surface area contributed by atoms with Crippen LogP contribution in [0.3, 0.4) is 0 Å². The molecule has 0 unspecified atom stereocenters. The van der Waals surface area contributed by atoms with E-state index in [1.54, 1.807) is 47.3 Å². The molecule has 0 radical (unpaired) electrons. The van der Waals surface area contributed by atoms with E-state index in [1.807, 2.05) is 17.5 Å². The van der Waals surface area contributed by atoms with E-state index in [-0.39, 0.29) is 0 Å². The van der Waals surface area contributed by atoms with Crippen molar-refractivity contribution >= 4 is 50.8 Å². The first kappa shape index (κ1) is 22.0. The Kier molecular flexibility index (Phi) is 10.6. The fourth-order valence-corrected chi connectivity index (χ4v) is 4.99. The Morgan fingerprint density at radius 3 is 2.89 bits per heavy atom. The van der Waals surface area contributed by atoms with E-state index in [9.17, 15) is 10.1 Å². The highest BCUT2D eigenvalue weighted by Gasteiger charge is 2.04. The van der Waals surface area contributed by atoms with Crippen LogP contribution in [0.1, 0.15) is 12.1 Å². The Hall–Kier alpha value is -1.30. The molecule has 0 aromatic carbocycles. The minimum atomic E-state index is -0.447. The molecule has 2 rings (SSSR count). The third kappa shape index (κ3) is 9.45. The second kappa shape index (κ2) is 13.0. The van der Waals surface area contributed by atoms with Crippen molar-refractivity contribution in [3.8, 4) is 0 Å². The van der Waals surface area contributed by atoms with Gasteiger partial charge in [-0.25, -0.2) is 4.98 Å². The first-order valence-corrected chi connectivity index (χ1v) is 12.0. The molecule has 2 aromatic heterocycles. The molecule has 0 aliphatic carbocycles. The van der Waals surface area contributed by atoms with E-state index in [0.29, 0.717) is 18.9 Å². The van der Waals surface area contributed by atoms with Gasteiger partial charge in [-0.1, -0.05) is 11.8 Å². The number of aromatic nitrogens is 2. The average molecular weight is 490 g/mol. The Balaban J connectivity index is 1.62. The smallest absolute Gasteiger partial charge is 0.274 e. The number of rotatable bonds is 13. The highest BCUT2D eigenvalue weighted by Crippen LogP contribution is 2.20. The quantitative estimate of drug-likeness (QED) is 0.189. The molecule has 0 spiro atoms. The van der Waals surface area contributed by atoms with Crippen LogP contribution in [-0.2, 0) is 5.75 Å². The lowest BCUT2D eigenvalue weighted by Gasteiger charge is -2.11. The summed E-state index contributed by atoms with van der Waals surface area (Å²) in [6.45, 7) is 1.30. The monoisotopic (exact) mass is 489 g/mol. The van der Waals surface area contributed by atoms with E-state index < -0.39 is 4.92 Å². The predicted octanol–water partition coefficient (Wildman–Crippen LogP) is 3.97. The van der Waals surface area contributed by atoms with Crippen molar-refractivity contribution in [1.29, 1.82) is 0 Å². The highest BCUT2D eigenvalue weighted by molar-refractivity contribution is 9.10. The molecule has 0 atom stereocenters. The van der Waals surface area contributed by atoms with E-state index in [4.69, 9.17) is 0 Å². The summed E-state index contributed by atoms with van der Waals surface area (Å²) in [4.78, 5) is 18.9. The largest absolute Gasteiger partial charge is 0.367 e. The lowest BCUT2D eigenvalue weighted by Crippen LogP contribution is -2.29. The number of thiazole rings is 1. The molecule has 2 heterocycles. The van der Waals surface area contributed by atoms with Gasteiger partial charge in [0.1, 0.15) is 4.34 Å². The third-order valence-electron chi connectivity index (χ3n) is 3.14. The zero-order chi connectivity index (χ0) is 19.3. The lowest BCUT2D eigenvalue weighted by atomic mass is 10.4. The fourth-order valence-electron chi connectivity index (χ4n) is 1.95. The van der Waals surface area contributed by atoms with Crippen LogP contribution < -0.4 is 10.6 Å². The standard InChI is InChI=1S/C16H20BrN5O2S3/c17-13-3-1-4-18-14(13)12-25-9-6-20-15(11-22(23)24)19-5-2-8-26-16-21-7-10-27-16/h1,3-4,7,10-11,19-20H,2,5-6,8-9,12H2. The minimum Gasteiger partial charge on any atom is -0.367 e. The first-order chi connectivity index (χ1) is 13.1. The number of pyridine rings is 1. The van der Waals surface area contributed by atoms with Crippen molar-refractivity contribution in [2.75, 3.05) is 24.6 Å². The summed E-state index contributed by atoms with van der Waals surface area (Å²) in [6.07, 6.45) is 5.43. The molecular weight excluding hydrogens is 470 g/mol. The van der Waals surface area contributed by atoms with Crippen LogP contribution in [0, 0.1) is 10.1 Å². The van der Waals surface area contributed by atoms with Crippen LogP contribution in [0.5, 0.6) is 0 Å². The second-order valence-electron chi connectivity index (χ2n) is 5.17. The van der Waals surface area contributed by atoms with Crippen molar-refractivity contribution in [2.24, 2.45) is 0 Å². The molecule has 0 saturated heterocycles. The molecule has 146 valence electrons. The van der Waals surface area contributed by atoms with E-state index in [2.05, 4.69) is 36.5 Å². The van der Waals surface area contributed by atoms with E-state index >= 15 is 0 Å². The summed E-state index contributed by atoms with van der Waals surface area (Å²) < 4.78 is 2.04. The van der Waals surface area contributed by atoms with E-state index in [1.165, 1.54) is 0 Å². The van der Waals surface area contributed by atoms with Gasteiger partial charge in [-0.3, -0.25) is 15.1 Å². The van der Waals surface area contributed by atoms with Gasteiger partial charge in [-0.05, 0) is 34.5 Å². The second-order valence-corrected chi connectivity index (χ2v) is 9.36. The predicted molar refractivity (Wildman–Crippen MR) is 117 cm³/mol. The number of nitrogens with one attached hydrogen (secondary N) is 2. The summed E-state index contributed by atoms with van der Waals surface area (Å²) in [6, 6.07) is 3.85. The molecule has 0 saturated carbocycles. The van der Waals surface area contributed by atoms with Gasteiger partial charge >= 0.3 is 0 Å². The normalized spacial score (nSPS) is 11.4. The van der Waals surface area contributed by atoms with Gasteiger partial charge in [0, 0.05) is 52.6 Å². The summed E-state index contributed by atoms with van der Waals surface area (Å²) in [5, 5.41) is 18.9. The summed E-state index contributed by atoms with van der Waals surface area (Å²) >= 11 is 8.52. The Labute approximate surface area is 179 Å². The number of halogens is 1. The molecule has 0 aliphatic heterocycles. The van der Waals surface area contributed by atoms with Crippen molar-refractivity contribution in [3.63, 3.8) is 0 Å². The summed E-state index contributed by atoms with van der Waals surface area (Å²) in [7, 11) is 0. The van der Waals surface area contributed by atoms with E-state index in [0.717, 1.165) is 44.4 Å². The van der Waals surface area contributed by atoms with Gasteiger partial charge in [-0.15, -0.1) is 11.3 Å². The van der Waals surface area contributed by atoms with Crippen molar-refractivity contribution in [3.05, 3.63) is 62.2 Å². The van der Waals surface area contributed by atoms with Gasteiger partial charge in [0.25, 0.3) is 6.20 Å². The molecule has 0 aliphatic rings. The zero-order valence-electron chi connectivity index (χ0n) is 14.5. The van der Waals surface area contributed by atoms with Crippen molar-refractivity contribution < 1.29 is 4.92 Å². The third-order valence-corrected chi connectivity index (χ3v) is 6.89. The molecule has 11 heteroatoms. The van der Waals surface area contributed by atoms with Crippen LogP contribution in [0.25, 0.3) is 0 Å². The van der Waals surface area contributed by atoms with Crippen LogP contribution in [0.4, 0.5) is 0 Å². The molecule has 7 nitrogen and oxygen atoms in total. The number of nitrogens with zero attached hydrogens (tertiary/aromatic N) is 3. The number of hydrogen-bond donors (Lipinski definition) is 2. The molecule has 2 N–H and O–H groups in total. The maximum absolute atomic E-state index is 10.8. The SMILES string of the molecule is O=[N+]([O-])C=C(NCCCSc1nccs1)NCCSCc1ncccc1Br. The van der Waals surface area contributed by atoms with Crippen LogP contribution >= 0.6 is 50.8 Å². The highest BCUT2D eigenvalue weighted by atomic mass is 79.9. The van der Waals surface area contributed by atoms with Gasteiger partial charge in [0.15, 0.2) is 5.82 Å². The Morgan fingerprint density at radius 1 is 1.30 bits per heavy atom. The minimum absolute atomic E-state index is 0.443. The number of nitro groups is 1. The van der Waals surface area contributed by atoms with Gasteiger partial charge in [0.05, 0.1) is 10.6 Å². The molecule has 27 heavy (non-hydrogen) atoms. The first-order valence-electron chi connectivity index (χ1n) is 8.17. The van der Waals surface area contributed by atoms with Gasteiger partial charge < -0.3 is 10.6 Å². The van der Waals surface area contributed by atoms with Crippen molar-refractivity contribution in [2.45, 2.75) is 16.5 Å². The van der Waals surface area contributed by atoms with Crippen LogP contribution in [0.2, 0.25) is 0 Å². The summed E-state index contributed by atoms with van der Waals surface area (Å²) in [5.74, 6) is 2.97. The fraction of sp³-hybridized carbons (Fsp3) is 0.375. The van der Waals surface area contributed by atoms with Gasteiger partial charge in [-0.2, -0.15) is 11.8 Å². The number of thioether (sulfide) groups is 2. The molecule has 0 fully saturated rings. The Morgan fingerprint density at radius 2 is 2.15 bits per heavy atom. The Bertz CT molecular complexity index is 731. The number of hydrogen-bond acceptors (Lipinski definition) is 9. The lowest BCUT2D eigenvalue weighted by molar-refractivity contribution is -0.404. The summed E-state index contributed by atoms with van der Waals surface area (Å²) in [5.41, 5.74) is 0.999. The zero-order valence-corrected chi connectivity index (χ0v) is 18.5. The maximum atomic E-state index is 10.8. The van der Waals surface area contributed by atoms with Crippen LogP contribution in [0.15, 0.2) is 50.7 Å². The maximum Gasteiger partial charge on any atom is 0.274 e. The van der Waals surface area contributed by atoms with Crippen molar-refractivity contribution in [1.82, 2.24) is 20.6 Å². The van der Waals surface area contributed by atoms with Gasteiger partial charge in [0.2, 0.25) is 0 Å². The molecule has 2 aromatic rings. The molecule has 0 amide bonds.